The van der Waals surface area contributed by atoms with E-state index >= 15 is 0 Å². The molecule has 4 rings (SSSR count). The zero-order chi connectivity index (χ0) is 12.7. The highest BCUT2D eigenvalue weighted by Gasteiger charge is 2.05. The van der Waals surface area contributed by atoms with E-state index in [-0.39, 0.29) is 0 Å². The number of benzene rings is 3. The number of rotatable bonds is 1. The van der Waals surface area contributed by atoms with Crippen molar-refractivity contribution in [2.75, 3.05) is 0 Å². The molecule has 0 unspecified atom stereocenters. The van der Waals surface area contributed by atoms with Crippen LogP contribution >= 0.6 is 0 Å². The highest BCUT2D eigenvalue weighted by atomic mass is 14.1. The lowest BCUT2D eigenvalue weighted by molar-refractivity contribution is 1.44. The van der Waals surface area contributed by atoms with Crippen LogP contribution < -0.4 is 0 Å². The summed E-state index contributed by atoms with van der Waals surface area (Å²) >= 11 is 0. The van der Waals surface area contributed by atoms with Crippen LogP contribution in [0, 0.1) is 0 Å². The second kappa shape index (κ2) is 4.10. The lowest BCUT2D eigenvalue weighted by atomic mass is 9.97. The summed E-state index contributed by atoms with van der Waals surface area (Å²) in [4.78, 5) is 0. The summed E-state index contributed by atoms with van der Waals surface area (Å²) in [6.45, 7) is 0. The van der Waals surface area contributed by atoms with Gasteiger partial charge < -0.3 is 0 Å². The predicted molar refractivity (Wildman–Crippen MR) is 83.2 cm³/mol. The maximum absolute atomic E-state index is 2.31. The van der Waals surface area contributed by atoms with Crippen molar-refractivity contribution in [3.05, 3.63) is 78.4 Å². The zero-order valence-electron chi connectivity index (χ0n) is 10.6. The maximum Gasteiger partial charge on any atom is -0.00884 e. The van der Waals surface area contributed by atoms with Gasteiger partial charge in [-0.1, -0.05) is 66.8 Å². The van der Waals surface area contributed by atoms with Gasteiger partial charge in [0.15, 0.2) is 0 Å². The van der Waals surface area contributed by atoms with Gasteiger partial charge in [-0.15, -0.1) is 0 Å². The topological polar surface area (TPSA) is 0 Å². The Morgan fingerprint density at radius 1 is 0.737 bits per heavy atom. The zero-order valence-corrected chi connectivity index (χ0v) is 10.6. The summed E-state index contributed by atoms with van der Waals surface area (Å²) in [7, 11) is 0. The molecule has 0 heteroatoms. The molecule has 0 nitrogen and oxygen atoms in total. The second-order valence-electron chi connectivity index (χ2n) is 5.05. The van der Waals surface area contributed by atoms with Crippen LogP contribution in [-0.2, 0) is 0 Å². The SMILES string of the molecule is C1=CCC(c2ccc3c(ccc4ccccc43)c2)=C1. The van der Waals surface area contributed by atoms with E-state index in [2.05, 4.69) is 72.8 Å². The average molecular weight is 242 g/mol. The van der Waals surface area contributed by atoms with Gasteiger partial charge in [-0.2, -0.15) is 0 Å². The van der Waals surface area contributed by atoms with Crippen molar-refractivity contribution in [3.8, 4) is 0 Å². The van der Waals surface area contributed by atoms with Gasteiger partial charge in [0.25, 0.3) is 0 Å². The Bertz CT molecular complexity index is 835. The van der Waals surface area contributed by atoms with E-state index in [1.807, 2.05) is 0 Å². The Kier molecular flexibility index (Phi) is 2.28. The van der Waals surface area contributed by atoms with Crippen molar-refractivity contribution < 1.29 is 0 Å². The van der Waals surface area contributed by atoms with Gasteiger partial charge in [0.2, 0.25) is 0 Å². The standard InChI is InChI=1S/C19H14/c1-2-6-14(5-1)16-11-12-19-17(13-16)10-9-15-7-3-4-8-18(15)19/h1-5,7-13H,6H2. The van der Waals surface area contributed by atoms with Crippen LogP contribution in [-0.4, -0.2) is 0 Å². The van der Waals surface area contributed by atoms with Crippen LogP contribution in [0.2, 0.25) is 0 Å². The molecule has 0 aliphatic heterocycles. The van der Waals surface area contributed by atoms with Crippen LogP contribution in [0.4, 0.5) is 0 Å². The molecule has 3 aromatic carbocycles. The highest BCUT2D eigenvalue weighted by Crippen LogP contribution is 2.30. The highest BCUT2D eigenvalue weighted by molar-refractivity contribution is 6.08. The molecule has 19 heavy (non-hydrogen) atoms. The molecule has 0 saturated heterocycles. The fraction of sp³-hybridized carbons (Fsp3) is 0.0526. The fourth-order valence-corrected chi connectivity index (χ4v) is 2.87. The third-order valence-electron chi connectivity index (χ3n) is 3.89. The Labute approximate surface area is 112 Å². The molecular formula is C19H14. The molecule has 0 spiro atoms. The number of hydrogen-bond acceptors (Lipinski definition) is 0. The normalized spacial score (nSPS) is 14.2. The molecule has 0 bridgehead atoms. The Hall–Kier alpha value is -2.34. The molecular weight excluding hydrogens is 228 g/mol. The van der Waals surface area contributed by atoms with Gasteiger partial charge in [-0.3, -0.25) is 0 Å². The lowest BCUT2D eigenvalue weighted by Gasteiger charge is -2.07. The number of fused-ring (bicyclic) bond motifs is 3. The van der Waals surface area contributed by atoms with E-state index in [0.717, 1.165) is 6.42 Å². The van der Waals surface area contributed by atoms with E-state index in [0.29, 0.717) is 0 Å². The van der Waals surface area contributed by atoms with E-state index in [4.69, 9.17) is 0 Å². The summed E-state index contributed by atoms with van der Waals surface area (Å²) < 4.78 is 0. The van der Waals surface area contributed by atoms with Crippen LogP contribution in [0.25, 0.3) is 27.1 Å². The maximum atomic E-state index is 2.31. The lowest BCUT2D eigenvalue weighted by Crippen LogP contribution is -1.83. The Balaban J connectivity index is 1.98. The van der Waals surface area contributed by atoms with Crippen molar-refractivity contribution in [2.45, 2.75) is 6.42 Å². The molecule has 1 aliphatic rings. The molecule has 0 atom stereocenters. The van der Waals surface area contributed by atoms with Crippen molar-refractivity contribution in [1.82, 2.24) is 0 Å². The third-order valence-corrected chi connectivity index (χ3v) is 3.89. The molecule has 0 amide bonds. The van der Waals surface area contributed by atoms with Crippen molar-refractivity contribution >= 4 is 27.1 Å². The van der Waals surface area contributed by atoms with Gasteiger partial charge in [0, 0.05) is 0 Å². The van der Waals surface area contributed by atoms with Gasteiger partial charge in [0.1, 0.15) is 0 Å². The molecule has 0 aromatic heterocycles. The van der Waals surface area contributed by atoms with Gasteiger partial charge >= 0.3 is 0 Å². The Morgan fingerprint density at radius 3 is 2.47 bits per heavy atom. The monoisotopic (exact) mass is 242 g/mol. The molecule has 0 radical (unpaired) electrons. The first-order valence-electron chi connectivity index (χ1n) is 6.69. The van der Waals surface area contributed by atoms with E-state index in [1.165, 1.54) is 32.7 Å². The largest absolute Gasteiger partial charge is 0.0801 e. The summed E-state index contributed by atoms with van der Waals surface area (Å²) in [6.07, 6.45) is 7.61. The van der Waals surface area contributed by atoms with Crippen molar-refractivity contribution in [2.24, 2.45) is 0 Å². The van der Waals surface area contributed by atoms with Gasteiger partial charge in [0.05, 0.1) is 0 Å². The van der Waals surface area contributed by atoms with Crippen LogP contribution in [0.15, 0.2) is 72.8 Å². The quantitative estimate of drug-likeness (QED) is 0.505. The first kappa shape index (κ1) is 10.6. The minimum absolute atomic E-state index is 1.05. The van der Waals surface area contributed by atoms with Crippen molar-refractivity contribution in [3.63, 3.8) is 0 Å². The van der Waals surface area contributed by atoms with E-state index in [1.54, 1.807) is 0 Å². The Morgan fingerprint density at radius 2 is 1.58 bits per heavy atom. The van der Waals surface area contributed by atoms with E-state index < -0.39 is 0 Å². The molecule has 0 N–H and O–H groups in total. The van der Waals surface area contributed by atoms with Gasteiger partial charge in [-0.05, 0) is 45.2 Å². The summed E-state index contributed by atoms with van der Waals surface area (Å²) in [5.41, 5.74) is 2.75. The second-order valence-corrected chi connectivity index (χ2v) is 5.05. The van der Waals surface area contributed by atoms with Crippen molar-refractivity contribution in [1.29, 1.82) is 0 Å². The average Bonchev–Trinajstić information content (AvgIpc) is 3.01. The minimum atomic E-state index is 1.05. The number of hydrogen-bond donors (Lipinski definition) is 0. The third kappa shape index (κ3) is 1.68. The first-order valence-corrected chi connectivity index (χ1v) is 6.69. The minimum Gasteiger partial charge on any atom is -0.0801 e. The number of allylic oxidation sites excluding steroid dienone is 4. The summed E-state index contributed by atoms with van der Waals surface area (Å²) in [5.74, 6) is 0. The van der Waals surface area contributed by atoms with Crippen LogP contribution in [0.3, 0.4) is 0 Å². The van der Waals surface area contributed by atoms with E-state index in [9.17, 15) is 0 Å². The first-order chi connectivity index (χ1) is 9.42. The molecule has 0 saturated carbocycles. The van der Waals surface area contributed by atoms with Crippen LogP contribution in [0.1, 0.15) is 12.0 Å². The van der Waals surface area contributed by atoms with Crippen LogP contribution in [0.5, 0.6) is 0 Å². The summed E-state index contributed by atoms with van der Waals surface area (Å²) in [5, 5.41) is 5.31. The molecule has 90 valence electrons. The smallest absolute Gasteiger partial charge is 0.00884 e. The van der Waals surface area contributed by atoms with Gasteiger partial charge in [-0.25, -0.2) is 0 Å². The molecule has 3 aromatic rings. The fourth-order valence-electron chi connectivity index (χ4n) is 2.87. The summed E-state index contributed by atoms with van der Waals surface area (Å²) in [6, 6.07) is 19.8. The molecule has 0 fully saturated rings. The molecule has 1 aliphatic carbocycles. The molecule has 0 heterocycles. The predicted octanol–water partition coefficient (Wildman–Crippen LogP) is 5.34.